The summed E-state index contributed by atoms with van der Waals surface area (Å²) in [7, 11) is 0. The number of nitrogens with zero attached hydrogens (tertiary/aromatic N) is 1. The minimum Gasteiger partial charge on any atom is -0.326 e. The fourth-order valence-corrected chi connectivity index (χ4v) is 2.65. The quantitative estimate of drug-likeness (QED) is 0.527. The number of carbonyl (C=O) groups excluding carboxylic acids is 2. The van der Waals surface area contributed by atoms with Gasteiger partial charge in [-0.15, -0.1) is 0 Å². The van der Waals surface area contributed by atoms with Crippen molar-refractivity contribution in [2.24, 2.45) is 5.10 Å². The lowest BCUT2D eigenvalue weighted by atomic mass is 10.2. The van der Waals surface area contributed by atoms with Crippen LogP contribution in [0.1, 0.15) is 24.0 Å². The minimum atomic E-state index is -0.385. The predicted octanol–water partition coefficient (Wildman–Crippen LogP) is 4.82. The van der Waals surface area contributed by atoms with Crippen molar-refractivity contribution in [3.05, 3.63) is 62.6 Å². The number of halogens is 3. The van der Waals surface area contributed by atoms with Crippen molar-refractivity contribution < 1.29 is 9.59 Å². The Morgan fingerprint density at radius 3 is 2.50 bits per heavy atom. The zero-order valence-electron chi connectivity index (χ0n) is 13.9. The highest BCUT2D eigenvalue weighted by Crippen LogP contribution is 2.23. The molecule has 2 amide bonds. The second-order valence-corrected chi connectivity index (χ2v) is 6.67. The summed E-state index contributed by atoms with van der Waals surface area (Å²) in [6, 6.07) is 10.2. The summed E-state index contributed by atoms with van der Waals surface area (Å²) in [6.07, 6.45) is 1.43. The Morgan fingerprint density at radius 1 is 1.04 bits per heavy atom. The van der Waals surface area contributed by atoms with E-state index in [1.165, 1.54) is 6.21 Å². The number of hydrogen-bond donors (Lipinski definition) is 2. The molecule has 136 valence electrons. The molecule has 0 bridgehead atoms. The van der Waals surface area contributed by atoms with Crippen LogP contribution < -0.4 is 10.7 Å². The summed E-state index contributed by atoms with van der Waals surface area (Å²) >= 11 is 17.8. The van der Waals surface area contributed by atoms with Crippen molar-refractivity contribution in [2.45, 2.75) is 19.8 Å². The molecule has 2 rings (SSSR count). The van der Waals surface area contributed by atoms with E-state index in [-0.39, 0.29) is 24.7 Å². The third-order valence-electron chi connectivity index (χ3n) is 3.48. The summed E-state index contributed by atoms with van der Waals surface area (Å²) in [6.45, 7) is 1.81. The molecule has 26 heavy (non-hydrogen) atoms. The summed E-state index contributed by atoms with van der Waals surface area (Å²) in [5.41, 5.74) is 4.36. The monoisotopic (exact) mass is 411 g/mol. The van der Waals surface area contributed by atoms with Crippen molar-refractivity contribution in [3.63, 3.8) is 0 Å². The van der Waals surface area contributed by atoms with Gasteiger partial charge in [-0.2, -0.15) is 5.10 Å². The van der Waals surface area contributed by atoms with Gasteiger partial charge in [-0.3, -0.25) is 9.59 Å². The highest BCUT2D eigenvalue weighted by Gasteiger charge is 2.09. The first-order valence-electron chi connectivity index (χ1n) is 7.68. The molecule has 5 nitrogen and oxygen atoms in total. The topological polar surface area (TPSA) is 70.6 Å². The first kappa shape index (κ1) is 20.2. The molecule has 0 fully saturated rings. The maximum absolute atomic E-state index is 11.9. The molecule has 0 saturated carbocycles. The molecule has 0 aromatic heterocycles. The van der Waals surface area contributed by atoms with E-state index in [0.717, 1.165) is 5.56 Å². The van der Waals surface area contributed by atoms with Crippen LogP contribution in [0, 0.1) is 6.92 Å². The van der Waals surface area contributed by atoms with Crippen LogP contribution in [0.4, 0.5) is 5.69 Å². The molecule has 0 aliphatic carbocycles. The smallest absolute Gasteiger partial charge is 0.240 e. The molecule has 0 radical (unpaired) electrons. The van der Waals surface area contributed by atoms with Gasteiger partial charge in [0.15, 0.2) is 0 Å². The lowest BCUT2D eigenvalue weighted by molar-refractivity contribution is -0.124. The first-order chi connectivity index (χ1) is 12.4. The fraction of sp³-hybridized carbons (Fsp3) is 0.167. The molecule has 0 aliphatic heterocycles. The van der Waals surface area contributed by atoms with E-state index in [2.05, 4.69) is 15.8 Å². The van der Waals surface area contributed by atoms with Crippen molar-refractivity contribution in [1.82, 2.24) is 5.43 Å². The van der Waals surface area contributed by atoms with Gasteiger partial charge < -0.3 is 5.32 Å². The summed E-state index contributed by atoms with van der Waals surface area (Å²) in [4.78, 5) is 23.7. The molecule has 0 unspecified atom stereocenters. The average Bonchev–Trinajstić information content (AvgIpc) is 2.59. The van der Waals surface area contributed by atoms with Crippen LogP contribution in [0.25, 0.3) is 0 Å². The van der Waals surface area contributed by atoms with E-state index in [0.29, 0.717) is 26.3 Å². The molecule has 2 N–H and O–H groups in total. The fourth-order valence-electron chi connectivity index (χ4n) is 2.02. The summed E-state index contributed by atoms with van der Waals surface area (Å²) in [5.74, 6) is -0.667. The van der Waals surface area contributed by atoms with Gasteiger partial charge in [0.25, 0.3) is 0 Å². The van der Waals surface area contributed by atoms with Crippen LogP contribution in [0.3, 0.4) is 0 Å². The van der Waals surface area contributed by atoms with Gasteiger partial charge in [-0.05, 0) is 36.8 Å². The lowest BCUT2D eigenvalue weighted by Crippen LogP contribution is -2.20. The maximum Gasteiger partial charge on any atom is 0.240 e. The SMILES string of the molecule is Cc1c(Cl)cccc1NC(=O)CCC(=O)N/N=C/c1ccc(Cl)cc1Cl. The molecule has 0 saturated heterocycles. The number of rotatable bonds is 6. The van der Waals surface area contributed by atoms with E-state index in [4.69, 9.17) is 34.8 Å². The average molecular weight is 413 g/mol. The summed E-state index contributed by atoms with van der Waals surface area (Å²) < 4.78 is 0. The number of amides is 2. The van der Waals surface area contributed by atoms with Crippen molar-refractivity contribution in [2.75, 3.05) is 5.32 Å². The molecular formula is C18H16Cl3N3O2. The predicted molar refractivity (Wildman–Crippen MR) is 106 cm³/mol. The van der Waals surface area contributed by atoms with Crippen molar-refractivity contribution in [1.29, 1.82) is 0 Å². The number of hydrazone groups is 1. The van der Waals surface area contributed by atoms with Crippen molar-refractivity contribution in [3.8, 4) is 0 Å². The Bertz CT molecular complexity index is 854. The van der Waals surface area contributed by atoms with Gasteiger partial charge in [0.1, 0.15) is 0 Å². The van der Waals surface area contributed by atoms with Gasteiger partial charge in [0.05, 0.1) is 11.2 Å². The van der Waals surface area contributed by atoms with Gasteiger partial charge in [-0.25, -0.2) is 5.43 Å². The number of benzene rings is 2. The Labute approximate surface area is 166 Å². The van der Waals surface area contributed by atoms with Crippen LogP contribution in [-0.2, 0) is 9.59 Å². The van der Waals surface area contributed by atoms with E-state index in [1.807, 2.05) is 0 Å². The van der Waals surface area contributed by atoms with Crippen LogP contribution in [0.15, 0.2) is 41.5 Å². The largest absolute Gasteiger partial charge is 0.326 e. The highest BCUT2D eigenvalue weighted by molar-refractivity contribution is 6.36. The minimum absolute atomic E-state index is 0.00284. The summed E-state index contributed by atoms with van der Waals surface area (Å²) in [5, 5.41) is 8.05. The third-order valence-corrected chi connectivity index (χ3v) is 4.45. The van der Waals surface area contributed by atoms with Gasteiger partial charge in [0.2, 0.25) is 11.8 Å². The molecule has 0 spiro atoms. The molecular weight excluding hydrogens is 397 g/mol. The van der Waals surface area contributed by atoms with E-state index >= 15 is 0 Å². The van der Waals surface area contributed by atoms with Crippen LogP contribution in [-0.4, -0.2) is 18.0 Å². The molecule has 0 heterocycles. The lowest BCUT2D eigenvalue weighted by Gasteiger charge is -2.09. The Kier molecular flexibility index (Phi) is 7.45. The molecule has 2 aromatic carbocycles. The van der Waals surface area contributed by atoms with E-state index < -0.39 is 0 Å². The molecule has 0 aliphatic rings. The molecule has 8 heteroatoms. The zero-order valence-corrected chi connectivity index (χ0v) is 16.1. The Balaban J connectivity index is 1.80. The number of hydrogen-bond acceptors (Lipinski definition) is 3. The van der Waals surface area contributed by atoms with Crippen LogP contribution in [0.5, 0.6) is 0 Å². The number of anilines is 1. The van der Waals surface area contributed by atoms with E-state index in [9.17, 15) is 9.59 Å². The third kappa shape index (κ3) is 6.02. The van der Waals surface area contributed by atoms with Gasteiger partial charge in [-0.1, -0.05) is 46.9 Å². The second-order valence-electron chi connectivity index (χ2n) is 5.42. The first-order valence-corrected chi connectivity index (χ1v) is 8.82. The van der Waals surface area contributed by atoms with Gasteiger partial charge in [0, 0.05) is 34.1 Å². The maximum atomic E-state index is 11.9. The second kappa shape index (κ2) is 9.57. The van der Waals surface area contributed by atoms with E-state index in [1.54, 1.807) is 43.3 Å². The number of nitrogens with one attached hydrogen (secondary N) is 2. The normalized spacial score (nSPS) is 10.8. The molecule has 2 aromatic rings. The molecule has 0 atom stereocenters. The Morgan fingerprint density at radius 2 is 1.77 bits per heavy atom. The van der Waals surface area contributed by atoms with Crippen molar-refractivity contribution >= 4 is 58.5 Å². The van der Waals surface area contributed by atoms with Crippen LogP contribution >= 0.6 is 34.8 Å². The Hall–Kier alpha value is -2.08. The van der Waals surface area contributed by atoms with Crippen LogP contribution in [0.2, 0.25) is 15.1 Å². The highest BCUT2D eigenvalue weighted by atomic mass is 35.5. The standard InChI is InChI=1S/C18H16Cl3N3O2/c1-11-14(20)3-2-4-16(11)23-17(25)7-8-18(26)24-22-10-12-5-6-13(19)9-15(12)21/h2-6,9-10H,7-8H2,1H3,(H,23,25)(H,24,26)/b22-10+. The number of carbonyl (C=O) groups is 2. The van der Waals surface area contributed by atoms with Gasteiger partial charge >= 0.3 is 0 Å². The zero-order chi connectivity index (χ0) is 19.1.